The van der Waals surface area contributed by atoms with Gasteiger partial charge in [0.25, 0.3) is 0 Å². The van der Waals surface area contributed by atoms with E-state index < -0.39 is 0 Å². The molecule has 0 unspecified atom stereocenters. The molecule has 0 aliphatic carbocycles. The Labute approximate surface area is 155 Å². The fourth-order valence-electron chi connectivity index (χ4n) is 2.99. The van der Waals surface area contributed by atoms with Crippen LogP contribution in [0.4, 0.5) is 10.5 Å². The first-order valence-corrected chi connectivity index (χ1v) is 9.38. The molecule has 6 nitrogen and oxygen atoms in total. The smallest absolute Gasteiger partial charge is 0.323 e. The number of benzene rings is 2. The lowest BCUT2D eigenvalue weighted by atomic mass is 10.1. The van der Waals surface area contributed by atoms with E-state index in [-0.39, 0.29) is 11.4 Å². The zero-order valence-corrected chi connectivity index (χ0v) is 14.8. The van der Waals surface area contributed by atoms with Gasteiger partial charge in [-0.2, -0.15) is 5.26 Å². The Bertz CT molecular complexity index is 863. The summed E-state index contributed by atoms with van der Waals surface area (Å²) >= 11 is 1.72. The van der Waals surface area contributed by atoms with E-state index in [1.165, 1.54) is 0 Å². The molecule has 1 saturated heterocycles. The van der Waals surface area contributed by atoms with Gasteiger partial charge in [0.15, 0.2) is 11.5 Å². The maximum Gasteiger partial charge on any atom is 0.323 e. The highest BCUT2D eigenvalue weighted by Crippen LogP contribution is 2.41. The van der Waals surface area contributed by atoms with Crippen molar-refractivity contribution in [1.82, 2.24) is 4.90 Å². The van der Waals surface area contributed by atoms with E-state index in [4.69, 9.17) is 14.7 Å². The molecule has 0 radical (unpaired) electrons. The second-order valence-electron chi connectivity index (χ2n) is 5.94. The largest absolute Gasteiger partial charge is 0.486 e. The minimum absolute atomic E-state index is 0.0655. The summed E-state index contributed by atoms with van der Waals surface area (Å²) in [4.78, 5) is 14.5. The first-order chi connectivity index (χ1) is 12.7. The van der Waals surface area contributed by atoms with Crippen molar-refractivity contribution in [2.45, 2.75) is 5.37 Å². The summed E-state index contributed by atoms with van der Waals surface area (Å²) in [6.07, 6.45) is 0. The molecule has 2 aromatic rings. The second kappa shape index (κ2) is 7.18. The standard InChI is InChI=1S/C19H17N3O3S/c20-12-13-1-4-15(5-2-13)21-19(23)22-7-10-26-18(22)14-3-6-16-17(11-14)25-9-8-24-16/h1-6,11,18H,7-10H2,(H,21,23)/t18-/m0/s1. The number of fused-ring (bicyclic) bond motifs is 1. The zero-order valence-electron chi connectivity index (χ0n) is 14.0. The van der Waals surface area contributed by atoms with Crippen LogP contribution in [-0.2, 0) is 0 Å². The highest BCUT2D eigenvalue weighted by molar-refractivity contribution is 7.99. The van der Waals surface area contributed by atoms with Crippen molar-refractivity contribution in [3.63, 3.8) is 0 Å². The molecule has 0 aromatic heterocycles. The van der Waals surface area contributed by atoms with Gasteiger partial charge in [-0.25, -0.2) is 4.79 Å². The lowest BCUT2D eigenvalue weighted by Gasteiger charge is -2.26. The molecule has 1 fully saturated rings. The van der Waals surface area contributed by atoms with E-state index in [9.17, 15) is 4.79 Å². The third-order valence-electron chi connectivity index (χ3n) is 4.27. The Morgan fingerprint density at radius 1 is 1.15 bits per heavy atom. The van der Waals surface area contributed by atoms with Gasteiger partial charge in [-0.3, -0.25) is 0 Å². The lowest BCUT2D eigenvalue weighted by Crippen LogP contribution is -2.34. The van der Waals surface area contributed by atoms with E-state index in [0.717, 1.165) is 22.8 Å². The summed E-state index contributed by atoms with van der Waals surface area (Å²) in [5.41, 5.74) is 2.26. The number of nitrogens with one attached hydrogen (secondary N) is 1. The number of rotatable bonds is 2. The van der Waals surface area contributed by atoms with E-state index in [1.54, 1.807) is 36.0 Å². The molecular formula is C19H17N3O3S. The molecule has 2 amide bonds. The van der Waals surface area contributed by atoms with Crippen molar-refractivity contribution in [1.29, 1.82) is 5.26 Å². The van der Waals surface area contributed by atoms with Crippen molar-refractivity contribution < 1.29 is 14.3 Å². The number of urea groups is 1. The maximum absolute atomic E-state index is 12.7. The van der Waals surface area contributed by atoms with Crippen molar-refractivity contribution in [3.8, 4) is 17.6 Å². The van der Waals surface area contributed by atoms with Gasteiger partial charge in [-0.1, -0.05) is 6.07 Å². The monoisotopic (exact) mass is 367 g/mol. The average Bonchev–Trinajstić information content (AvgIpc) is 3.18. The molecule has 1 atom stereocenters. The normalized spacial score (nSPS) is 18.3. The highest BCUT2D eigenvalue weighted by Gasteiger charge is 2.31. The first kappa shape index (κ1) is 16.6. The maximum atomic E-state index is 12.7. The summed E-state index contributed by atoms with van der Waals surface area (Å²) in [6.45, 7) is 1.77. The Hall–Kier alpha value is -2.85. The van der Waals surface area contributed by atoms with Gasteiger partial charge in [0.1, 0.15) is 18.6 Å². The van der Waals surface area contributed by atoms with Gasteiger partial charge in [0.2, 0.25) is 0 Å². The predicted molar refractivity (Wildman–Crippen MR) is 99.5 cm³/mol. The van der Waals surface area contributed by atoms with Gasteiger partial charge >= 0.3 is 6.03 Å². The molecule has 0 spiro atoms. The zero-order chi connectivity index (χ0) is 17.9. The minimum Gasteiger partial charge on any atom is -0.486 e. The number of nitriles is 1. The summed E-state index contributed by atoms with van der Waals surface area (Å²) in [5.74, 6) is 2.35. The highest BCUT2D eigenvalue weighted by atomic mass is 32.2. The molecule has 4 rings (SSSR count). The van der Waals surface area contributed by atoms with Crippen LogP contribution in [0.2, 0.25) is 0 Å². The van der Waals surface area contributed by atoms with Crippen LogP contribution in [0.15, 0.2) is 42.5 Å². The molecule has 0 saturated carbocycles. The molecular weight excluding hydrogens is 350 g/mol. The predicted octanol–water partition coefficient (Wildman–Crippen LogP) is 3.61. The molecule has 7 heteroatoms. The van der Waals surface area contributed by atoms with Crippen LogP contribution in [0.5, 0.6) is 11.5 Å². The number of ether oxygens (including phenoxy) is 2. The fraction of sp³-hybridized carbons (Fsp3) is 0.263. The van der Waals surface area contributed by atoms with Gasteiger partial charge < -0.3 is 19.7 Å². The first-order valence-electron chi connectivity index (χ1n) is 8.33. The Morgan fingerprint density at radius 3 is 2.69 bits per heavy atom. The van der Waals surface area contributed by atoms with Crippen molar-refractivity contribution in [2.24, 2.45) is 0 Å². The number of hydrogen-bond acceptors (Lipinski definition) is 5. The van der Waals surface area contributed by atoms with Crippen LogP contribution < -0.4 is 14.8 Å². The van der Waals surface area contributed by atoms with Crippen molar-refractivity contribution in [3.05, 3.63) is 53.6 Å². The minimum atomic E-state index is -0.153. The number of thioether (sulfide) groups is 1. The van der Waals surface area contributed by atoms with Gasteiger partial charge in [0, 0.05) is 18.0 Å². The average molecular weight is 367 g/mol. The van der Waals surface area contributed by atoms with E-state index in [0.29, 0.717) is 31.0 Å². The number of hydrogen-bond donors (Lipinski definition) is 1. The third kappa shape index (κ3) is 3.28. The lowest BCUT2D eigenvalue weighted by molar-refractivity contribution is 0.171. The number of nitrogens with zero attached hydrogens (tertiary/aromatic N) is 2. The van der Waals surface area contributed by atoms with Crippen LogP contribution in [0.25, 0.3) is 0 Å². The van der Waals surface area contributed by atoms with Gasteiger partial charge in [-0.15, -0.1) is 11.8 Å². The summed E-state index contributed by atoms with van der Waals surface area (Å²) < 4.78 is 11.2. The molecule has 2 aromatic carbocycles. The van der Waals surface area contributed by atoms with Gasteiger partial charge in [-0.05, 0) is 42.0 Å². The molecule has 132 valence electrons. The number of amides is 2. The van der Waals surface area contributed by atoms with E-state index >= 15 is 0 Å². The van der Waals surface area contributed by atoms with E-state index in [2.05, 4.69) is 11.4 Å². The van der Waals surface area contributed by atoms with Crippen LogP contribution in [0, 0.1) is 11.3 Å². The second-order valence-corrected chi connectivity index (χ2v) is 7.13. The number of carbonyl (C=O) groups is 1. The summed E-state index contributed by atoms with van der Waals surface area (Å²) in [5, 5.41) is 11.7. The summed E-state index contributed by atoms with van der Waals surface area (Å²) in [7, 11) is 0. The number of carbonyl (C=O) groups excluding carboxylic acids is 1. The Kier molecular flexibility index (Phi) is 4.59. The van der Waals surface area contributed by atoms with Gasteiger partial charge in [0.05, 0.1) is 11.6 Å². The van der Waals surface area contributed by atoms with Crippen LogP contribution in [-0.4, -0.2) is 36.4 Å². The Balaban J connectivity index is 1.50. The SMILES string of the molecule is N#Cc1ccc(NC(=O)N2CCS[C@H]2c2ccc3c(c2)OCCO3)cc1. The Morgan fingerprint density at radius 2 is 1.92 bits per heavy atom. The van der Waals surface area contributed by atoms with Crippen molar-refractivity contribution in [2.75, 3.05) is 30.8 Å². The van der Waals surface area contributed by atoms with Crippen molar-refractivity contribution >= 4 is 23.5 Å². The molecule has 2 aliphatic heterocycles. The quantitative estimate of drug-likeness (QED) is 0.878. The fourth-order valence-corrected chi connectivity index (χ4v) is 4.24. The van der Waals surface area contributed by atoms with E-state index in [1.807, 2.05) is 23.1 Å². The molecule has 0 bridgehead atoms. The topological polar surface area (TPSA) is 74.6 Å². The van der Waals surface area contributed by atoms with Crippen LogP contribution in [0.3, 0.4) is 0 Å². The van der Waals surface area contributed by atoms with Crippen LogP contribution in [0.1, 0.15) is 16.5 Å². The summed E-state index contributed by atoms with van der Waals surface area (Å²) in [6, 6.07) is 14.6. The van der Waals surface area contributed by atoms with Crippen LogP contribution >= 0.6 is 11.8 Å². The molecule has 2 aliphatic rings. The molecule has 2 heterocycles. The third-order valence-corrected chi connectivity index (χ3v) is 5.53. The molecule has 26 heavy (non-hydrogen) atoms. The number of anilines is 1. The molecule has 1 N–H and O–H groups in total.